The zero-order valence-corrected chi connectivity index (χ0v) is 11.1. The van der Waals surface area contributed by atoms with Crippen LogP contribution in [0.2, 0.25) is 0 Å². The molecule has 0 atom stereocenters. The number of aromatic nitrogens is 2. The molecule has 2 rings (SSSR count). The van der Waals surface area contributed by atoms with E-state index in [1.54, 1.807) is 18.8 Å². The molecule has 0 spiro atoms. The van der Waals surface area contributed by atoms with E-state index in [4.69, 9.17) is 12.2 Å². The van der Waals surface area contributed by atoms with Gasteiger partial charge in [-0.15, -0.1) is 0 Å². The van der Waals surface area contributed by atoms with Crippen molar-refractivity contribution < 1.29 is 4.79 Å². The predicted molar refractivity (Wildman–Crippen MR) is 69.2 cm³/mol. The summed E-state index contributed by atoms with van der Waals surface area (Å²) in [6.07, 6.45) is 0.802. The first kappa shape index (κ1) is 12.2. The summed E-state index contributed by atoms with van der Waals surface area (Å²) in [4.78, 5) is 16.3. The average molecular weight is 252 g/mol. The van der Waals surface area contributed by atoms with Gasteiger partial charge in [0, 0.05) is 33.6 Å². The maximum Gasteiger partial charge on any atom is 0.273 e. The zero-order valence-electron chi connectivity index (χ0n) is 10.3. The summed E-state index contributed by atoms with van der Waals surface area (Å²) in [6, 6.07) is 1.83. The Morgan fingerprint density at radius 1 is 1.53 bits per heavy atom. The van der Waals surface area contributed by atoms with E-state index in [0.29, 0.717) is 5.69 Å². The quantitative estimate of drug-likeness (QED) is 0.686. The van der Waals surface area contributed by atoms with Crippen LogP contribution in [-0.2, 0) is 6.54 Å². The molecule has 1 aromatic heterocycles. The summed E-state index contributed by atoms with van der Waals surface area (Å²) in [5.74, 6) is -0.0870. The van der Waals surface area contributed by atoms with Crippen LogP contribution in [0.3, 0.4) is 0 Å². The third kappa shape index (κ3) is 2.37. The smallest absolute Gasteiger partial charge is 0.273 e. The van der Waals surface area contributed by atoms with E-state index in [0.717, 1.165) is 30.2 Å². The molecule has 0 saturated carbocycles. The molecule has 1 amide bonds. The van der Waals surface area contributed by atoms with E-state index in [1.165, 1.54) is 4.90 Å². The van der Waals surface area contributed by atoms with Gasteiger partial charge in [-0.1, -0.05) is 12.2 Å². The Kier molecular flexibility index (Phi) is 3.26. The van der Waals surface area contributed by atoms with Crippen LogP contribution in [0.1, 0.15) is 22.6 Å². The number of carbonyl (C=O) groups excluding carboxylic acids is 1. The van der Waals surface area contributed by atoms with Crippen LogP contribution in [0.15, 0.2) is 6.07 Å². The van der Waals surface area contributed by atoms with Crippen molar-refractivity contribution in [2.45, 2.75) is 13.0 Å². The monoisotopic (exact) mass is 252 g/mol. The van der Waals surface area contributed by atoms with E-state index in [2.05, 4.69) is 10.00 Å². The van der Waals surface area contributed by atoms with Gasteiger partial charge in [0.25, 0.3) is 5.91 Å². The lowest BCUT2D eigenvalue weighted by molar-refractivity contribution is 0.0821. The predicted octanol–water partition coefficient (Wildman–Crippen LogP) is 0.596. The molecule has 0 bridgehead atoms. The Hall–Kier alpha value is -1.27. The number of thiocarbonyl (C=S) groups is 1. The Morgan fingerprint density at radius 3 is 2.88 bits per heavy atom. The Balaban J connectivity index is 2.37. The van der Waals surface area contributed by atoms with Gasteiger partial charge in [0.1, 0.15) is 4.99 Å². The van der Waals surface area contributed by atoms with Crippen molar-refractivity contribution >= 4 is 23.1 Å². The van der Waals surface area contributed by atoms with Gasteiger partial charge in [-0.05, 0) is 13.1 Å². The molecule has 0 N–H and O–H groups in total. The Labute approximate surface area is 106 Å². The number of rotatable bonds is 1. The molecular formula is C11H16N4OS. The summed E-state index contributed by atoms with van der Waals surface area (Å²) in [5, 5.41) is 4.30. The standard InChI is InChI=1S/C11H16N4OS/c1-13(2)11(16)9-6-8-7-14(3)5-4-10(17)15(8)12-9/h6H,4-5,7H2,1-3H3. The van der Waals surface area contributed by atoms with Gasteiger partial charge < -0.3 is 9.80 Å². The largest absolute Gasteiger partial charge is 0.343 e. The van der Waals surface area contributed by atoms with Gasteiger partial charge in [0.05, 0.1) is 5.69 Å². The maximum absolute atomic E-state index is 11.8. The van der Waals surface area contributed by atoms with E-state index >= 15 is 0 Å². The molecular weight excluding hydrogens is 236 g/mol. The number of carbonyl (C=O) groups is 1. The highest BCUT2D eigenvalue weighted by atomic mass is 32.1. The second kappa shape index (κ2) is 4.54. The van der Waals surface area contributed by atoms with Crippen LogP contribution in [0.4, 0.5) is 0 Å². The van der Waals surface area contributed by atoms with E-state index in [-0.39, 0.29) is 5.91 Å². The molecule has 1 aliphatic heterocycles. The van der Waals surface area contributed by atoms with Crippen molar-refractivity contribution in [3.05, 3.63) is 17.5 Å². The second-order valence-corrected chi connectivity index (χ2v) is 4.99. The lowest BCUT2D eigenvalue weighted by atomic mass is 10.3. The van der Waals surface area contributed by atoms with Crippen molar-refractivity contribution in [2.75, 3.05) is 27.7 Å². The minimum atomic E-state index is -0.0870. The van der Waals surface area contributed by atoms with Crippen LogP contribution in [0.5, 0.6) is 0 Å². The molecule has 0 fully saturated rings. The molecule has 92 valence electrons. The van der Waals surface area contributed by atoms with Crippen molar-refractivity contribution in [1.82, 2.24) is 19.6 Å². The third-order valence-electron chi connectivity index (χ3n) is 2.78. The number of hydrogen-bond donors (Lipinski definition) is 0. The molecule has 0 radical (unpaired) electrons. The molecule has 1 aromatic rings. The summed E-state index contributed by atoms with van der Waals surface area (Å²) in [7, 11) is 5.48. The first-order valence-corrected chi connectivity index (χ1v) is 5.92. The highest BCUT2D eigenvalue weighted by Gasteiger charge is 2.21. The lowest BCUT2D eigenvalue weighted by Gasteiger charge is -2.10. The fraction of sp³-hybridized carbons (Fsp3) is 0.545. The van der Waals surface area contributed by atoms with Crippen LogP contribution in [-0.4, -0.2) is 58.2 Å². The van der Waals surface area contributed by atoms with Crippen LogP contribution in [0.25, 0.3) is 0 Å². The van der Waals surface area contributed by atoms with Gasteiger partial charge in [-0.3, -0.25) is 4.79 Å². The second-order valence-electron chi connectivity index (χ2n) is 4.51. The summed E-state index contributed by atoms with van der Waals surface area (Å²) < 4.78 is 1.73. The summed E-state index contributed by atoms with van der Waals surface area (Å²) >= 11 is 5.31. The Morgan fingerprint density at radius 2 is 2.24 bits per heavy atom. The lowest BCUT2D eigenvalue weighted by Crippen LogP contribution is -2.23. The molecule has 0 saturated heterocycles. The molecule has 17 heavy (non-hydrogen) atoms. The molecule has 0 unspecified atom stereocenters. The van der Waals surface area contributed by atoms with Crippen molar-refractivity contribution in [1.29, 1.82) is 0 Å². The SMILES string of the molecule is CN1CCC(=S)n2nc(C(=O)N(C)C)cc2C1. The first-order valence-electron chi connectivity index (χ1n) is 5.51. The van der Waals surface area contributed by atoms with Gasteiger partial charge in [0.15, 0.2) is 5.69 Å². The highest BCUT2D eigenvalue weighted by Crippen LogP contribution is 2.14. The fourth-order valence-corrected chi connectivity index (χ4v) is 2.08. The van der Waals surface area contributed by atoms with Gasteiger partial charge in [-0.25, -0.2) is 4.68 Å². The molecule has 0 aromatic carbocycles. The minimum absolute atomic E-state index is 0.0870. The van der Waals surface area contributed by atoms with Crippen LogP contribution < -0.4 is 0 Å². The number of nitrogens with zero attached hydrogens (tertiary/aromatic N) is 4. The summed E-state index contributed by atoms with van der Waals surface area (Å²) in [6.45, 7) is 1.70. The van der Waals surface area contributed by atoms with E-state index < -0.39 is 0 Å². The fourth-order valence-electron chi connectivity index (χ4n) is 1.83. The van der Waals surface area contributed by atoms with Crippen molar-refractivity contribution in [3.8, 4) is 0 Å². The van der Waals surface area contributed by atoms with Crippen LogP contribution >= 0.6 is 12.2 Å². The van der Waals surface area contributed by atoms with Crippen molar-refractivity contribution in [2.24, 2.45) is 0 Å². The maximum atomic E-state index is 11.8. The molecule has 2 heterocycles. The minimum Gasteiger partial charge on any atom is -0.343 e. The highest BCUT2D eigenvalue weighted by molar-refractivity contribution is 7.80. The van der Waals surface area contributed by atoms with Gasteiger partial charge in [-0.2, -0.15) is 5.10 Å². The third-order valence-corrected chi connectivity index (χ3v) is 3.16. The zero-order chi connectivity index (χ0) is 12.6. The Bertz CT molecular complexity index is 466. The van der Waals surface area contributed by atoms with Gasteiger partial charge in [0.2, 0.25) is 0 Å². The number of fused-ring (bicyclic) bond motifs is 1. The van der Waals surface area contributed by atoms with Crippen LogP contribution in [0, 0.1) is 0 Å². The van der Waals surface area contributed by atoms with Gasteiger partial charge >= 0.3 is 0 Å². The first-order chi connectivity index (χ1) is 7.99. The van der Waals surface area contributed by atoms with Crippen molar-refractivity contribution in [3.63, 3.8) is 0 Å². The molecule has 1 aliphatic rings. The number of hydrogen-bond acceptors (Lipinski definition) is 4. The molecule has 5 nitrogen and oxygen atoms in total. The molecule has 0 aliphatic carbocycles. The normalized spacial score (nSPS) is 16.5. The number of amides is 1. The summed E-state index contributed by atoms with van der Waals surface area (Å²) in [5.41, 5.74) is 1.45. The topological polar surface area (TPSA) is 41.4 Å². The molecule has 6 heteroatoms. The average Bonchev–Trinajstić information content (AvgIpc) is 2.63. The van der Waals surface area contributed by atoms with E-state index in [1.807, 2.05) is 13.1 Å². The van der Waals surface area contributed by atoms with E-state index in [9.17, 15) is 4.79 Å².